The van der Waals surface area contributed by atoms with Crippen LogP contribution in [-0.4, -0.2) is 37.7 Å². The fourth-order valence-corrected chi connectivity index (χ4v) is 3.77. The molecule has 1 N–H and O–H groups in total. The van der Waals surface area contributed by atoms with Gasteiger partial charge in [0, 0.05) is 43.2 Å². The number of amides is 1. The number of carbonyl (C=O) groups excluding carboxylic acids is 1. The summed E-state index contributed by atoms with van der Waals surface area (Å²) >= 11 is 5.89. The van der Waals surface area contributed by atoms with Crippen molar-refractivity contribution in [2.45, 2.75) is 24.7 Å². The number of oxazole rings is 1. The Bertz CT molecular complexity index is 1160. The van der Waals surface area contributed by atoms with E-state index in [0.29, 0.717) is 28.8 Å². The first-order chi connectivity index (χ1) is 14.2. The van der Waals surface area contributed by atoms with Crippen molar-refractivity contribution in [3.05, 3.63) is 65.1 Å². The van der Waals surface area contributed by atoms with Crippen LogP contribution in [0.25, 0.3) is 11.3 Å². The van der Waals surface area contributed by atoms with Gasteiger partial charge in [0.1, 0.15) is 0 Å². The van der Waals surface area contributed by atoms with Crippen LogP contribution in [0.4, 0.5) is 5.69 Å². The first-order valence-corrected chi connectivity index (χ1v) is 11.0. The summed E-state index contributed by atoms with van der Waals surface area (Å²) in [7, 11) is -0.664. The van der Waals surface area contributed by atoms with Crippen LogP contribution >= 0.6 is 11.6 Å². The number of nitrogens with zero attached hydrogens (tertiary/aromatic N) is 2. The molecule has 0 saturated carbocycles. The Kier molecular flexibility index (Phi) is 6.60. The molecular weight excluding hydrogens is 426 g/mol. The van der Waals surface area contributed by atoms with Crippen molar-refractivity contribution in [2.24, 2.45) is 0 Å². The largest absolute Gasteiger partial charge is 0.441 e. The minimum Gasteiger partial charge on any atom is -0.441 e. The maximum Gasteiger partial charge on any atom is 0.242 e. The fraction of sp³-hybridized carbons (Fsp3) is 0.238. The standard InChI is InChI=1S/C21H22ClN3O4S/c1-14-4-9-17(30(27,28)25(2)3)12-18(14)24-20(26)10-11-21-23-13-19(29-21)15-5-7-16(22)8-6-15/h4-9,12-13H,10-11H2,1-3H3,(H,24,26). The van der Waals surface area contributed by atoms with Gasteiger partial charge in [-0.2, -0.15) is 0 Å². The molecule has 3 rings (SSSR count). The number of hydrogen-bond donors (Lipinski definition) is 1. The second-order valence-electron chi connectivity index (χ2n) is 6.94. The number of aryl methyl sites for hydroxylation is 2. The molecule has 0 fully saturated rings. The Hall–Kier alpha value is -2.68. The summed E-state index contributed by atoms with van der Waals surface area (Å²) in [5.41, 5.74) is 2.07. The number of benzene rings is 2. The summed E-state index contributed by atoms with van der Waals surface area (Å²) in [6, 6.07) is 11.8. The van der Waals surface area contributed by atoms with E-state index in [1.165, 1.54) is 26.2 Å². The van der Waals surface area contributed by atoms with Crippen LogP contribution in [0.5, 0.6) is 0 Å². The monoisotopic (exact) mass is 447 g/mol. The summed E-state index contributed by atoms with van der Waals surface area (Å²) in [5, 5.41) is 3.40. The van der Waals surface area contributed by atoms with Gasteiger partial charge in [0.2, 0.25) is 15.9 Å². The number of hydrogen-bond acceptors (Lipinski definition) is 5. The van der Waals surface area contributed by atoms with E-state index in [1.54, 1.807) is 31.3 Å². The van der Waals surface area contributed by atoms with Crippen LogP contribution in [0, 0.1) is 6.92 Å². The van der Waals surface area contributed by atoms with Crippen LogP contribution in [0.2, 0.25) is 5.02 Å². The molecule has 158 valence electrons. The van der Waals surface area contributed by atoms with E-state index in [4.69, 9.17) is 16.0 Å². The molecule has 30 heavy (non-hydrogen) atoms. The third kappa shape index (κ3) is 5.08. The van der Waals surface area contributed by atoms with Crippen molar-refractivity contribution >= 4 is 33.2 Å². The predicted molar refractivity (Wildman–Crippen MR) is 116 cm³/mol. The van der Waals surface area contributed by atoms with Crippen LogP contribution in [0.3, 0.4) is 0 Å². The van der Waals surface area contributed by atoms with Crippen molar-refractivity contribution in [3.8, 4) is 11.3 Å². The van der Waals surface area contributed by atoms with Crippen molar-refractivity contribution < 1.29 is 17.6 Å². The predicted octanol–water partition coefficient (Wildman–Crippen LogP) is 4.13. The van der Waals surface area contributed by atoms with E-state index >= 15 is 0 Å². The quantitative estimate of drug-likeness (QED) is 0.588. The van der Waals surface area contributed by atoms with E-state index in [0.717, 1.165) is 15.4 Å². The lowest BCUT2D eigenvalue weighted by Crippen LogP contribution is -2.22. The normalized spacial score (nSPS) is 11.6. The first kappa shape index (κ1) is 22.0. The zero-order valence-electron chi connectivity index (χ0n) is 16.8. The Labute approximate surface area is 180 Å². The van der Waals surface area contributed by atoms with Crippen molar-refractivity contribution in [2.75, 3.05) is 19.4 Å². The van der Waals surface area contributed by atoms with Crippen molar-refractivity contribution in [1.82, 2.24) is 9.29 Å². The van der Waals surface area contributed by atoms with Gasteiger partial charge in [-0.1, -0.05) is 17.7 Å². The summed E-state index contributed by atoms with van der Waals surface area (Å²) in [4.78, 5) is 16.7. The van der Waals surface area contributed by atoms with E-state index in [9.17, 15) is 13.2 Å². The Morgan fingerprint density at radius 2 is 1.87 bits per heavy atom. The zero-order chi connectivity index (χ0) is 21.9. The molecule has 0 atom stereocenters. The third-order valence-corrected chi connectivity index (χ3v) is 6.57. The maximum atomic E-state index is 12.4. The van der Waals surface area contributed by atoms with Crippen LogP contribution in [0.1, 0.15) is 17.9 Å². The van der Waals surface area contributed by atoms with Crippen molar-refractivity contribution in [1.29, 1.82) is 0 Å². The van der Waals surface area contributed by atoms with Gasteiger partial charge in [-0.3, -0.25) is 4.79 Å². The average Bonchev–Trinajstić information content (AvgIpc) is 3.17. The molecule has 0 aliphatic heterocycles. The average molecular weight is 448 g/mol. The van der Waals surface area contributed by atoms with Crippen LogP contribution in [-0.2, 0) is 21.2 Å². The highest BCUT2D eigenvalue weighted by atomic mass is 35.5. The molecule has 1 heterocycles. The van der Waals surface area contributed by atoms with Gasteiger partial charge in [-0.05, 0) is 48.9 Å². The summed E-state index contributed by atoms with van der Waals surface area (Å²) in [5.74, 6) is 0.777. The van der Waals surface area contributed by atoms with E-state index in [1.807, 2.05) is 12.1 Å². The van der Waals surface area contributed by atoms with E-state index in [2.05, 4.69) is 10.3 Å². The lowest BCUT2D eigenvalue weighted by atomic mass is 10.2. The number of halogens is 1. The van der Waals surface area contributed by atoms with Crippen LogP contribution in [0.15, 0.2) is 58.0 Å². The number of nitrogens with one attached hydrogen (secondary N) is 1. The smallest absolute Gasteiger partial charge is 0.242 e. The number of aromatic nitrogens is 1. The van der Waals surface area contributed by atoms with Crippen molar-refractivity contribution in [3.63, 3.8) is 0 Å². The molecule has 0 saturated heterocycles. The SMILES string of the molecule is Cc1ccc(S(=O)(=O)N(C)C)cc1NC(=O)CCc1ncc(-c2ccc(Cl)cc2)o1. The van der Waals surface area contributed by atoms with Gasteiger partial charge >= 0.3 is 0 Å². The molecule has 7 nitrogen and oxygen atoms in total. The minimum atomic E-state index is -3.58. The zero-order valence-corrected chi connectivity index (χ0v) is 18.4. The Morgan fingerprint density at radius 1 is 1.17 bits per heavy atom. The van der Waals surface area contributed by atoms with Gasteiger partial charge in [-0.25, -0.2) is 17.7 Å². The summed E-state index contributed by atoms with van der Waals surface area (Å²) < 4.78 is 31.5. The molecule has 0 aliphatic carbocycles. The molecule has 0 spiro atoms. The maximum absolute atomic E-state index is 12.4. The third-order valence-electron chi connectivity index (χ3n) is 4.51. The molecule has 0 unspecified atom stereocenters. The number of carbonyl (C=O) groups is 1. The fourth-order valence-electron chi connectivity index (χ4n) is 2.71. The van der Waals surface area contributed by atoms with Gasteiger partial charge < -0.3 is 9.73 Å². The number of sulfonamides is 1. The number of rotatable bonds is 7. The summed E-state index contributed by atoms with van der Waals surface area (Å²) in [6.45, 7) is 1.80. The van der Waals surface area contributed by atoms with Gasteiger partial charge in [0.05, 0.1) is 11.1 Å². The molecule has 0 radical (unpaired) electrons. The van der Waals surface area contributed by atoms with E-state index < -0.39 is 10.0 Å². The summed E-state index contributed by atoms with van der Waals surface area (Å²) in [6.07, 6.45) is 2.06. The van der Waals surface area contributed by atoms with Crippen LogP contribution < -0.4 is 5.32 Å². The Morgan fingerprint density at radius 3 is 2.53 bits per heavy atom. The molecule has 9 heteroatoms. The second-order valence-corrected chi connectivity index (χ2v) is 9.53. The van der Waals surface area contributed by atoms with Gasteiger partial charge in [0.15, 0.2) is 11.7 Å². The highest BCUT2D eigenvalue weighted by Gasteiger charge is 2.19. The molecule has 0 aliphatic rings. The first-order valence-electron chi connectivity index (χ1n) is 9.20. The minimum absolute atomic E-state index is 0.119. The second kappa shape index (κ2) is 8.99. The van der Waals surface area contributed by atoms with Gasteiger partial charge in [-0.15, -0.1) is 0 Å². The molecular formula is C21H22ClN3O4S. The lowest BCUT2D eigenvalue weighted by molar-refractivity contribution is -0.116. The number of anilines is 1. The topological polar surface area (TPSA) is 92.5 Å². The molecule has 1 aromatic heterocycles. The van der Waals surface area contributed by atoms with Gasteiger partial charge in [0.25, 0.3) is 0 Å². The van der Waals surface area contributed by atoms with E-state index in [-0.39, 0.29) is 17.2 Å². The highest BCUT2D eigenvalue weighted by Crippen LogP contribution is 2.24. The molecule has 1 amide bonds. The molecule has 2 aromatic carbocycles. The highest BCUT2D eigenvalue weighted by molar-refractivity contribution is 7.89. The molecule has 0 bridgehead atoms. The lowest BCUT2D eigenvalue weighted by Gasteiger charge is -2.14. The molecule has 3 aromatic rings. The Balaban J connectivity index is 1.65.